The molecule has 1 radical (unpaired) electrons. The number of hydrogen-bond donors (Lipinski definition) is 0. The molecule has 27 heavy (non-hydrogen) atoms. The Kier molecular flexibility index (Phi) is 7.32. The minimum Gasteiger partial charge on any atom is -0.0651 e. The fourth-order valence-corrected chi connectivity index (χ4v) is 4.75. The minimum atomic E-state index is 0. The number of allylic oxidation sites excluding steroid dienone is 1. The largest absolute Gasteiger partial charge is 0.0651 e. The molecule has 4 rings (SSSR count). The quantitative estimate of drug-likeness (QED) is 0.456. The van der Waals surface area contributed by atoms with Gasteiger partial charge in [-0.1, -0.05) is 99.1 Å². The maximum Gasteiger partial charge on any atom is 0.0164 e. The fraction of sp³-hybridized carbons (Fsp3) is 0.423. The van der Waals surface area contributed by atoms with Crippen molar-refractivity contribution in [2.75, 3.05) is 0 Å². The predicted octanol–water partition coefficient (Wildman–Crippen LogP) is 7.53. The number of fused-ring (bicyclic) bond motifs is 1. The summed E-state index contributed by atoms with van der Waals surface area (Å²) in [5, 5.41) is 0. The predicted molar refractivity (Wildman–Crippen MR) is 113 cm³/mol. The molecule has 1 fully saturated rings. The summed E-state index contributed by atoms with van der Waals surface area (Å²) in [5.41, 5.74) is 9.96. The van der Waals surface area contributed by atoms with Crippen molar-refractivity contribution in [1.82, 2.24) is 0 Å². The summed E-state index contributed by atoms with van der Waals surface area (Å²) in [6.45, 7) is 4.47. The monoisotopic (exact) mass is 433 g/mol. The van der Waals surface area contributed by atoms with Crippen LogP contribution in [-0.4, -0.2) is 0 Å². The first-order valence-corrected chi connectivity index (χ1v) is 10.5. The molecule has 0 saturated heterocycles. The van der Waals surface area contributed by atoms with Crippen molar-refractivity contribution in [1.29, 1.82) is 0 Å². The van der Waals surface area contributed by atoms with Crippen molar-refractivity contribution in [3.63, 3.8) is 0 Å². The van der Waals surface area contributed by atoms with Gasteiger partial charge >= 0.3 is 0 Å². The van der Waals surface area contributed by atoms with Gasteiger partial charge in [-0.05, 0) is 53.5 Å². The Hall–Kier alpha value is -0.937. The van der Waals surface area contributed by atoms with Gasteiger partial charge in [0.15, 0.2) is 0 Å². The van der Waals surface area contributed by atoms with Crippen LogP contribution in [0.3, 0.4) is 0 Å². The molecule has 2 aliphatic carbocycles. The SMILES string of the molecule is CCCc1ccc(-c2cc(C)cc3c2C=C(CC2CCCCC2)[CH]3)cc1.[Zr]. The minimum absolute atomic E-state index is 0. The number of rotatable bonds is 5. The second-order valence-electron chi connectivity index (χ2n) is 8.33. The molecule has 139 valence electrons. The number of hydrogen-bond acceptors (Lipinski definition) is 0. The van der Waals surface area contributed by atoms with E-state index >= 15 is 0 Å². The molecule has 0 unspecified atom stereocenters. The van der Waals surface area contributed by atoms with Gasteiger partial charge in [-0.15, -0.1) is 0 Å². The zero-order valence-corrected chi connectivity index (χ0v) is 19.3. The Labute approximate surface area is 184 Å². The summed E-state index contributed by atoms with van der Waals surface area (Å²) in [5.74, 6) is 0.901. The van der Waals surface area contributed by atoms with Crippen molar-refractivity contribution in [2.24, 2.45) is 5.92 Å². The van der Waals surface area contributed by atoms with Gasteiger partial charge < -0.3 is 0 Å². The van der Waals surface area contributed by atoms with E-state index in [4.69, 9.17) is 0 Å². The molecular weight excluding hydrogens is 404 g/mol. The van der Waals surface area contributed by atoms with E-state index in [1.807, 2.05) is 0 Å². The maximum absolute atomic E-state index is 2.47. The van der Waals surface area contributed by atoms with Crippen molar-refractivity contribution in [3.05, 3.63) is 70.6 Å². The Bertz CT molecular complexity index is 792. The average molecular weight is 435 g/mol. The van der Waals surface area contributed by atoms with E-state index in [9.17, 15) is 0 Å². The Morgan fingerprint density at radius 1 is 0.963 bits per heavy atom. The first-order valence-electron chi connectivity index (χ1n) is 10.5. The van der Waals surface area contributed by atoms with E-state index in [0.717, 1.165) is 5.92 Å². The molecular formula is C26H31Zr. The average Bonchev–Trinajstić information content (AvgIpc) is 3.05. The van der Waals surface area contributed by atoms with Gasteiger partial charge in [-0.3, -0.25) is 0 Å². The molecule has 0 spiro atoms. The van der Waals surface area contributed by atoms with Crippen molar-refractivity contribution in [3.8, 4) is 11.1 Å². The van der Waals surface area contributed by atoms with E-state index < -0.39 is 0 Å². The summed E-state index contributed by atoms with van der Waals surface area (Å²) < 4.78 is 0. The van der Waals surface area contributed by atoms with E-state index in [1.54, 1.807) is 5.57 Å². The molecule has 0 nitrogen and oxygen atoms in total. The molecule has 0 aromatic heterocycles. The van der Waals surface area contributed by atoms with Crippen LogP contribution in [0.4, 0.5) is 0 Å². The molecule has 0 amide bonds. The van der Waals surface area contributed by atoms with E-state index in [2.05, 4.69) is 62.7 Å². The summed E-state index contributed by atoms with van der Waals surface area (Å²) in [4.78, 5) is 0. The molecule has 0 N–H and O–H groups in total. The Morgan fingerprint density at radius 2 is 1.70 bits per heavy atom. The maximum atomic E-state index is 2.47. The molecule has 0 aliphatic heterocycles. The van der Waals surface area contributed by atoms with Crippen LogP contribution in [0.15, 0.2) is 42.0 Å². The standard InChI is InChI=1S/C26H31.Zr/c1-3-7-20-10-12-23(13-11-20)25-15-19(2)14-24-17-22(18-26(24)25)16-21-8-5-4-6-9-21;/h10-15,17-18,21H,3-9,16H2,1-2H3;. The molecule has 1 heteroatoms. The summed E-state index contributed by atoms with van der Waals surface area (Å²) in [6.07, 6.45) is 15.7. The van der Waals surface area contributed by atoms with Crippen molar-refractivity contribution < 1.29 is 26.2 Å². The molecule has 0 atom stereocenters. The van der Waals surface area contributed by atoms with Gasteiger partial charge in [0.25, 0.3) is 0 Å². The van der Waals surface area contributed by atoms with Crippen LogP contribution >= 0.6 is 0 Å². The van der Waals surface area contributed by atoms with Gasteiger partial charge in [0.2, 0.25) is 0 Å². The van der Waals surface area contributed by atoms with Crippen LogP contribution in [0.1, 0.15) is 74.1 Å². The molecule has 2 aromatic rings. The summed E-state index contributed by atoms with van der Waals surface area (Å²) >= 11 is 0. The molecule has 2 aliphatic rings. The second-order valence-corrected chi connectivity index (χ2v) is 8.33. The Morgan fingerprint density at radius 3 is 2.41 bits per heavy atom. The topological polar surface area (TPSA) is 0 Å². The molecule has 2 aromatic carbocycles. The molecule has 1 saturated carbocycles. The third-order valence-electron chi connectivity index (χ3n) is 6.08. The van der Waals surface area contributed by atoms with Crippen LogP contribution in [-0.2, 0) is 32.6 Å². The van der Waals surface area contributed by atoms with Crippen molar-refractivity contribution in [2.45, 2.75) is 65.2 Å². The van der Waals surface area contributed by atoms with Crippen LogP contribution < -0.4 is 0 Å². The van der Waals surface area contributed by atoms with Gasteiger partial charge in [0, 0.05) is 32.6 Å². The van der Waals surface area contributed by atoms with Gasteiger partial charge in [0.1, 0.15) is 0 Å². The van der Waals surface area contributed by atoms with Crippen molar-refractivity contribution >= 4 is 6.08 Å². The summed E-state index contributed by atoms with van der Waals surface area (Å²) in [7, 11) is 0. The van der Waals surface area contributed by atoms with Gasteiger partial charge in [0.05, 0.1) is 0 Å². The van der Waals surface area contributed by atoms with E-state index in [1.165, 1.54) is 84.7 Å². The summed E-state index contributed by atoms with van der Waals surface area (Å²) in [6, 6.07) is 14.0. The zero-order chi connectivity index (χ0) is 17.9. The van der Waals surface area contributed by atoms with Crippen LogP contribution in [0.2, 0.25) is 0 Å². The first-order chi connectivity index (χ1) is 12.7. The van der Waals surface area contributed by atoms with Crippen LogP contribution in [0, 0.1) is 19.3 Å². The molecule has 0 heterocycles. The third kappa shape index (κ3) is 4.92. The normalized spacial score (nSPS) is 16.6. The second kappa shape index (κ2) is 9.51. The van der Waals surface area contributed by atoms with Crippen LogP contribution in [0.25, 0.3) is 17.2 Å². The van der Waals surface area contributed by atoms with Crippen LogP contribution in [0.5, 0.6) is 0 Å². The van der Waals surface area contributed by atoms with E-state index in [0.29, 0.717) is 0 Å². The zero-order valence-electron chi connectivity index (χ0n) is 16.9. The smallest absolute Gasteiger partial charge is 0.0164 e. The number of aryl methyl sites for hydroxylation is 2. The Balaban J connectivity index is 0.00000210. The van der Waals surface area contributed by atoms with Gasteiger partial charge in [-0.2, -0.15) is 0 Å². The third-order valence-corrected chi connectivity index (χ3v) is 6.08. The van der Waals surface area contributed by atoms with E-state index in [-0.39, 0.29) is 26.2 Å². The molecule has 0 bridgehead atoms. The first kappa shape index (κ1) is 20.8. The number of benzene rings is 2. The fourth-order valence-electron chi connectivity index (χ4n) is 4.75. The van der Waals surface area contributed by atoms with Gasteiger partial charge in [-0.25, -0.2) is 0 Å².